The molecule has 0 saturated heterocycles. The lowest BCUT2D eigenvalue weighted by Crippen LogP contribution is -2.13. The summed E-state index contributed by atoms with van der Waals surface area (Å²) in [6.45, 7) is 0.827. The van der Waals surface area contributed by atoms with Crippen LogP contribution in [0.25, 0.3) is 0 Å². The first-order valence-electron chi connectivity index (χ1n) is 6.05. The standard InChI is InChI=1S/C12H15ClN4O3S/c1-20-12-6-9(2-3-11(12)13)16-21(18,19)10-7-15-17(8-10)5-4-14/h2-3,6-8,16H,4-5,14H2,1H3. The molecule has 0 aliphatic rings. The monoisotopic (exact) mass is 330 g/mol. The van der Waals surface area contributed by atoms with Gasteiger partial charge in [0, 0.05) is 18.8 Å². The van der Waals surface area contributed by atoms with Crippen LogP contribution in [0.3, 0.4) is 0 Å². The summed E-state index contributed by atoms with van der Waals surface area (Å²) in [7, 11) is -2.27. The van der Waals surface area contributed by atoms with E-state index in [9.17, 15) is 8.42 Å². The highest BCUT2D eigenvalue weighted by Crippen LogP contribution is 2.28. The van der Waals surface area contributed by atoms with Gasteiger partial charge in [-0.15, -0.1) is 0 Å². The molecule has 0 atom stereocenters. The first kappa shape index (κ1) is 15.6. The highest BCUT2D eigenvalue weighted by molar-refractivity contribution is 7.92. The van der Waals surface area contributed by atoms with Crippen LogP contribution in [0.1, 0.15) is 0 Å². The van der Waals surface area contributed by atoms with Gasteiger partial charge in [-0.1, -0.05) is 11.6 Å². The number of aromatic nitrogens is 2. The van der Waals surface area contributed by atoms with Crippen LogP contribution in [0, 0.1) is 0 Å². The lowest BCUT2D eigenvalue weighted by molar-refractivity contribution is 0.415. The molecular formula is C12H15ClN4O3S. The van der Waals surface area contributed by atoms with Gasteiger partial charge in [-0.25, -0.2) is 8.42 Å². The molecule has 0 fully saturated rings. The normalized spacial score (nSPS) is 11.4. The summed E-state index contributed by atoms with van der Waals surface area (Å²) in [6, 6.07) is 4.60. The number of hydrogen-bond acceptors (Lipinski definition) is 5. The molecule has 0 saturated carbocycles. The number of sulfonamides is 1. The average molecular weight is 331 g/mol. The van der Waals surface area contributed by atoms with E-state index in [2.05, 4.69) is 9.82 Å². The molecule has 1 aromatic carbocycles. The molecular weight excluding hydrogens is 316 g/mol. The third-order valence-electron chi connectivity index (χ3n) is 2.68. The second-order valence-electron chi connectivity index (χ2n) is 4.18. The highest BCUT2D eigenvalue weighted by Gasteiger charge is 2.17. The van der Waals surface area contributed by atoms with Crippen molar-refractivity contribution < 1.29 is 13.2 Å². The number of benzene rings is 1. The van der Waals surface area contributed by atoms with Crippen LogP contribution in [0.2, 0.25) is 5.02 Å². The number of nitrogens with two attached hydrogens (primary N) is 1. The predicted octanol–water partition coefficient (Wildman–Crippen LogP) is 1.30. The molecule has 114 valence electrons. The van der Waals surface area contributed by atoms with Gasteiger partial charge in [-0.3, -0.25) is 9.40 Å². The number of methoxy groups -OCH3 is 1. The van der Waals surface area contributed by atoms with E-state index < -0.39 is 10.0 Å². The lowest BCUT2D eigenvalue weighted by atomic mass is 10.3. The van der Waals surface area contributed by atoms with E-state index in [4.69, 9.17) is 22.1 Å². The molecule has 7 nitrogen and oxygen atoms in total. The number of nitrogens with one attached hydrogen (secondary N) is 1. The van der Waals surface area contributed by atoms with E-state index in [1.807, 2.05) is 0 Å². The summed E-state index contributed by atoms with van der Waals surface area (Å²) < 4.78 is 33.4. The third-order valence-corrected chi connectivity index (χ3v) is 4.33. The second-order valence-corrected chi connectivity index (χ2v) is 6.27. The third kappa shape index (κ3) is 3.66. The molecule has 2 rings (SSSR count). The number of anilines is 1. The SMILES string of the molecule is COc1cc(NS(=O)(=O)c2cnn(CCN)c2)ccc1Cl. The van der Waals surface area contributed by atoms with Gasteiger partial charge in [-0.2, -0.15) is 5.10 Å². The quantitative estimate of drug-likeness (QED) is 0.831. The first-order valence-corrected chi connectivity index (χ1v) is 7.91. The van der Waals surface area contributed by atoms with Gasteiger partial charge < -0.3 is 10.5 Å². The zero-order valence-corrected chi connectivity index (χ0v) is 12.9. The van der Waals surface area contributed by atoms with Crippen LogP contribution in [-0.2, 0) is 16.6 Å². The van der Waals surface area contributed by atoms with Crippen LogP contribution in [0.15, 0.2) is 35.5 Å². The minimum Gasteiger partial charge on any atom is -0.495 e. The fourth-order valence-electron chi connectivity index (χ4n) is 1.68. The van der Waals surface area contributed by atoms with Gasteiger partial charge in [0.05, 0.1) is 30.6 Å². The zero-order valence-electron chi connectivity index (χ0n) is 11.3. The average Bonchev–Trinajstić information content (AvgIpc) is 2.91. The minimum absolute atomic E-state index is 0.0601. The van der Waals surface area contributed by atoms with Crippen molar-refractivity contribution in [3.05, 3.63) is 35.6 Å². The van der Waals surface area contributed by atoms with Gasteiger partial charge in [-0.05, 0) is 12.1 Å². The maximum absolute atomic E-state index is 12.2. The summed E-state index contributed by atoms with van der Waals surface area (Å²) >= 11 is 5.90. The maximum atomic E-state index is 12.2. The van der Waals surface area contributed by atoms with Crippen LogP contribution >= 0.6 is 11.6 Å². The molecule has 2 aromatic rings. The Kier molecular flexibility index (Phi) is 4.71. The van der Waals surface area contributed by atoms with Crippen molar-refractivity contribution >= 4 is 27.3 Å². The molecule has 0 aliphatic carbocycles. The topological polar surface area (TPSA) is 99.2 Å². The number of rotatable bonds is 6. The zero-order chi connectivity index (χ0) is 15.5. The summed E-state index contributed by atoms with van der Waals surface area (Å²) in [5, 5.41) is 4.33. The van der Waals surface area contributed by atoms with Gasteiger partial charge in [0.25, 0.3) is 10.0 Å². The van der Waals surface area contributed by atoms with E-state index >= 15 is 0 Å². The van der Waals surface area contributed by atoms with Crippen LogP contribution in [0.5, 0.6) is 5.75 Å². The van der Waals surface area contributed by atoms with Crippen molar-refractivity contribution in [2.75, 3.05) is 18.4 Å². The lowest BCUT2D eigenvalue weighted by Gasteiger charge is -2.09. The Morgan fingerprint density at radius 1 is 1.48 bits per heavy atom. The molecule has 0 bridgehead atoms. The van der Waals surface area contributed by atoms with Crippen LogP contribution < -0.4 is 15.2 Å². The van der Waals surface area contributed by atoms with Crippen molar-refractivity contribution in [2.45, 2.75) is 11.4 Å². The number of halogens is 1. The molecule has 21 heavy (non-hydrogen) atoms. The molecule has 0 amide bonds. The second kappa shape index (κ2) is 6.33. The van der Waals surface area contributed by atoms with Gasteiger partial charge in [0.1, 0.15) is 10.6 Å². The maximum Gasteiger partial charge on any atom is 0.265 e. The highest BCUT2D eigenvalue weighted by atomic mass is 35.5. The Labute approximate surface area is 127 Å². The van der Waals surface area contributed by atoms with Crippen molar-refractivity contribution in [1.82, 2.24) is 9.78 Å². The molecule has 9 heteroatoms. The van der Waals surface area contributed by atoms with Crippen LogP contribution in [-0.4, -0.2) is 31.9 Å². The van der Waals surface area contributed by atoms with E-state index in [1.165, 1.54) is 30.3 Å². The van der Waals surface area contributed by atoms with E-state index in [-0.39, 0.29) is 4.90 Å². The Morgan fingerprint density at radius 3 is 2.90 bits per heavy atom. The number of hydrogen-bond donors (Lipinski definition) is 2. The molecule has 1 aromatic heterocycles. The molecule has 3 N–H and O–H groups in total. The summed E-state index contributed by atoms with van der Waals surface area (Å²) in [5.74, 6) is 0.385. The Balaban J connectivity index is 2.24. The van der Waals surface area contributed by atoms with Crippen molar-refractivity contribution in [3.8, 4) is 5.75 Å². The Hall–Kier alpha value is -1.77. The van der Waals surface area contributed by atoms with Gasteiger partial charge >= 0.3 is 0 Å². The molecule has 0 radical (unpaired) electrons. The van der Waals surface area contributed by atoms with Crippen molar-refractivity contribution in [2.24, 2.45) is 5.73 Å². The predicted molar refractivity (Wildman–Crippen MR) is 80.1 cm³/mol. The fraction of sp³-hybridized carbons (Fsp3) is 0.250. The molecule has 0 unspecified atom stereocenters. The molecule has 0 spiro atoms. The van der Waals surface area contributed by atoms with E-state index in [0.717, 1.165) is 0 Å². The van der Waals surface area contributed by atoms with Gasteiger partial charge in [0.2, 0.25) is 0 Å². The Morgan fingerprint density at radius 2 is 2.24 bits per heavy atom. The largest absolute Gasteiger partial charge is 0.495 e. The summed E-state index contributed by atoms with van der Waals surface area (Å²) in [4.78, 5) is 0.0601. The van der Waals surface area contributed by atoms with E-state index in [1.54, 1.807) is 12.1 Å². The number of ether oxygens (including phenoxy) is 1. The molecule has 0 aliphatic heterocycles. The summed E-state index contributed by atoms with van der Waals surface area (Å²) in [6.07, 6.45) is 2.69. The van der Waals surface area contributed by atoms with Crippen molar-refractivity contribution in [3.63, 3.8) is 0 Å². The first-order chi connectivity index (χ1) is 9.96. The Bertz CT molecular complexity index is 730. The summed E-state index contributed by atoms with van der Waals surface area (Å²) in [5.41, 5.74) is 5.75. The van der Waals surface area contributed by atoms with Gasteiger partial charge in [0.15, 0.2) is 0 Å². The van der Waals surface area contributed by atoms with Crippen molar-refractivity contribution in [1.29, 1.82) is 0 Å². The fourth-order valence-corrected chi connectivity index (χ4v) is 2.87. The number of nitrogens with zero attached hydrogens (tertiary/aromatic N) is 2. The van der Waals surface area contributed by atoms with Crippen LogP contribution in [0.4, 0.5) is 5.69 Å². The minimum atomic E-state index is -3.72. The smallest absolute Gasteiger partial charge is 0.265 e. The molecule has 1 heterocycles. The van der Waals surface area contributed by atoms with E-state index in [0.29, 0.717) is 29.5 Å².